The molecule has 0 aromatic heterocycles. The van der Waals surface area contributed by atoms with Gasteiger partial charge in [0.25, 0.3) is 0 Å². The van der Waals surface area contributed by atoms with E-state index >= 15 is 0 Å². The Morgan fingerprint density at radius 1 is 1.11 bits per heavy atom. The van der Waals surface area contributed by atoms with Crippen LogP contribution in [0, 0.1) is 6.92 Å². The van der Waals surface area contributed by atoms with Crippen molar-refractivity contribution >= 4 is 33.0 Å². The van der Waals surface area contributed by atoms with Gasteiger partial charge in [0.15, 0.2) is 0 Å². The van der Waals surface area contributed by atoms with Crippen LogP contribution in [0.15, 0.2) is 40.9 Å². The minimum Gasteiger partial charge on any atom is -0.497 e. The van der Waals surface area contributed by atoms with Crippen molar-refractivity contribution < 1.29 is 4.74 Å². The number of hydrogen-bond acceptors (Lipinski definition) is 3. The Kier molecular flexibility index (Phi) is 3.77. The van der Waals surface area contributed by atoms with Gasteiger partial charge in [-0.3, -0.25) is 0 Å². The molecule has 4 heteroatoms. The highest BCUT2D eigenvalue weighted by Gasteiger charge is 2.04. The molecule has 0 spiro atoms. The third-order valence-electron chi connectivity index (χ3n) is 2.72. The lowest BCUT2D eigenvalue weighted by Gasteiger charge is -2.13. The van der Waals surface area contributed by atoms with Gasteiger partial charge in [0.1, 0.15) is 5.75 Å². The summed E-state index contributed by atoms with van der Waals surface area (Å²) >= 11 is 3.45. The quantitative estimate of drug-likeness (QED) is 0.840. The van der Waals surface area contributed by atoms with Crippen molar-refractivity contribution in [2.75, 3.05) is 18.2 Å². The molecule has 0 amide bonds. The number of halogens is 1. The van der Waals surface area contributed by atoms with Crippen molar-refractivity contribution in [1.29, 1.82) is 0 Å². The number of aryl methyl sites for hydroxylation is 1. The lowest BCUT2D eigenvalue weighted by molar-refractivity contribution is 0.415. The van der Waals surface area contributed by atoms with Gasteiger partial charge in [0, 0.05) is 16.2 Å². The number of anilines is 3. The molecule has 2 aromatic carbocycles. The minimum atomic E-state index is 0.664. The summed E-state index contributed by atoms with van der Waals surface area (Å²) in [7, 11) is 1.63. The second-order valence-electron chi connectivity index (χ2n) is 4.04. The molecule has 3 nitrogen and oxygen atoms in total. The summed E-state index contributed by atoms with van der Waals surface area (Å²) < 4.78 is 6.19. The highest BCUT2D eigenvalue weighted by molar-refractivity contribution is 9.10. The van der Waals surface area contributed by atoms with Crippen LogP contribution in [-0.2, 0) is 0 Å². The van der Waals surface area contributed by atoms with Gasteiger partial charge in [0.2, 0.25) is 0 Å². The van der Waals surface area contributed by atoms with E-state index in [4.69, 9.17) is 10.5 Å². The molecule has 0 aliphatic carbocycles. The number of nitrogens with one attached hydrogen (secondary N) is 1. The van der Waals surface area contributed by atoms with Gasteiger partial charge in [-0.15, -0.1) is 0 Å². The fraction of sp³-hybridized carbons (Fsp3) is 0.143. The van der Waals surface area contributed by atoms with Crippen LogP contribution in [-0.4, -0.2) is 7.11 Å². The molecule has 3 N–H and O–H groups in total. The van der Waals surface area contributed by atoms with E-state index in [1.807, 2.05) is 31.2 Å². The molecule has 0 radical (unpaired) electrons. The summed E-state index contributed by atoms with van der Waals surface area (Å²) in [4.78, 5) is 0. The maximum atomic E-state index is 5.97. The summed E-state index contributed by atoms with van der Waals surface area (Å²) in [5, 5.41) is 3.32. The molecular formula is C14H15BrN2O. The van der Waals surface area contributed by atoms with Crippen molar-refractivity contribution in [3.63, 3.8) is 0 Å². The van der Waals surface area contributed by atoms with Crippen LogP contribution in [0.2, 0.25) is 0 Å². The number of rotatable bonds is 3. The number of hydrogen-bond donors (Lipinski definition) is 2. The summed E-state index contributed by atoms with van der Waals surface area (Å²) in [6.45, 7) is 2.05. The first-order valence-corrected chi connectivity index (χ1v) is 6.36. The van der Waals surface area contributed by atoms with Gasteiger partial charge in [-0.25, -0.2) is 0 Å². The maximum Gasteiger partial charge on any atom is 0.121 e. The topological polar surface area (TPSA) is 47.3 Å². The van der Waals surface area contributed by atoms with E-state index in [1.165, 1.54) is 0 Å². The minimum absolute atomic E-state index is 0.664. The predicted octanol–water partition coefficient (Wildman–Crippen LogP) is 4.09. The van der Waals surface area contributed by atoms with E-state index < -0.39 is 0 Å². The molecule has 0 aliphatic heterocycles. The third-order valence-corrected chi connectivity index (χ3v) is 3.21. The number of benzene rings is 2. The molecule has 94 valence electrons. The summed E-state index contributed by atoms with van der Waals surface area (Å²) in [6, 6.07) is 11.7. The van der Waals surface area contributed by atoms with Crippen LogP contribution in [0.1, 0.15) is 5.56 Å². The van der Waals surface area contributed by atoms with Gasteiger partial charge < -0.3 is 15.8 Å². The Balaban J connectivity index is 2.28. The first-order valence-electron chi connectivity index (χ1n) is 5.57. The molecule has 0 aliphatic rings. The molecule has 0 fully saturated rings. The van der Waals surface area contributed by atoms with E-state index in [-0.39, 0.29) is 0 Å². The van der Waals surface area contributed by atoms with E-state index in [9.17, 15) is 0 Å². The third kappa shape index (κ3) is 2.76. The van der Waals surface area contributed by atoms with Crippen LogP contribution in [0.25, 0.3) is 0 Å². The average molecular weight is 307 g/mol. The van der Waals surface area contributed by atoms with E-state index in [1.54, 1.807) is 13.2 Å². The normalized spacial score (nSPS) is 10.2. The van der Waals surface area contributed by atoms with Crippen molar-refractivity contribution in [3.05, 3.63) is 46.4 Å². The molecule has 0 unspecified atom stereocenters. The smallest absolute Gasteiger partial charge is 0.121 e. The largest absolute Gasteiger partial charge is 0.497 e. The standard InChI is InChI=1S/C14H15BrN2O/c1-9-7-10(15)3-5-13(9)17-14-6-4-11(18-2)8-12(14)16/h3-8,17H,16H2,1-2H3. The van der Waals surface area contributed by atoms with Gasteiger partial charge >= 0.3 is 0 Å². The van der Waals surface area contributed by atoms with Crippen LogP contribution < -0.4 is 15.8 Å². The van der Waals surface area contributed by atoms with Crippen LogP contribution in [0.5, 0.6) is 5.75 Å². The molecule has 0 saturated carbocycles. The predicted molar refractivity (Wildman–Crippen MR) is 79.6 cm³/mol. The zero-order valence-corrected chi connectivity index (χ0v) is 11.9. The van der Waals surface area contributed by atoms with Gasteiger partial charge in [0.05, 0.1) is 18.5 Å². The lowest BCUT2D eigenvalue weighted by Crippen LogP contribution is -1.98. The lowest BCUT2D eigenvalue weighted by atomic mass is 10.2. The first kappa shape index (κ1) is 12.8. The molecule has 18 heavy (non-hydrogen) atoms. The number of methoxy groups -OCH3 is 1. The van der Waals surface area contributed by atoms with E-state index in [0.29, 0.717) is 5.69 Å². The number of nitrogens with two attached hydrogens (primary N) is 1. The van der Waals surface area contributed by atoms with Crippen molar-refractivity contribution in [3.8, 4) is 5.75 Å². The maximum absolute atomic E-state index is 5.97. The molecule has 0 atom stereocenters. The fourth-order valence-corrected chi connectivity index (χ4v) is 2.17. The Morgan fingerprint density at radius 3 is 2.44 bits per heavy atom. The fourth-order valence-electron chi connectivity index (χ4n) is 1.69. The highest BCUT2D eigenvalue weighted by Crippen LogP contribution is 2.29. The zero-order valence-electron chi connectivity index (χ0n) is 10.3. The summed E-state index contributed by atoms with van der Waals surface area (Å²) in [6.07, 6.45) is 0. The van der Waals surface area contributed by atoms with Crippen LogP contribution in [0.4, 0.5) is 17.1 Å². The molecule has 2 aromatic rings. The first-order chi connectivity index (χ1) is 8.60. The Bertz CT molecular complexity index is 570. The van der Waals surface area contributed by atoms with Crippen LogP contribution in [0.3, 0.4) is 0 Å². The zero-order chi connectivity index (χ0) is 13.1. The Morgan fingerprint density at radius 2 is 1.83 bits per heavy atom. The van der Waals surface area contributed by atoms with E-state index in [0.717, 1.165) is 27.2 Å². The second kappa shape index (κ2) is 5.31. The molecule has 0 bridgehead atoms. The van der Waals surface area contributed by atoms with Gasteiger partial charge in [-0.05, 0) is 42.8 Å². The monoisotopic (exact) mass is 306 g/mol. The van der Waals surface area contributed by atoms with Crippen LogP contribution >= 0.6 is 15.9 Å². The SMILES string of the molecule is COc1ccc(Nc2ccc(Br)cc2C)c(N)c1. The van der Waals surface area contributed by atoms with Crippen molar-refractivity contribution in [1.82, 2.24) is 0 Å². The Hall–Kier alpha value is -1.68. The molecule has 0 saturated heterocycles. The summed E-state index contributed by atoms with van der Waals surface area (Å²) in [5.74, 6) is 0.755. The number of ether oxygens (including phenoxy) is 1. The number of nitrogen functional groups attached to an aromatic ring is 1. The van der Waals surface area contributed by atoms with E-state index in [2.05, 4.69) is 27.3 Å². The summed E-state index contributed by atoms with van der Waals surface area (Å²) in [5.41, 5.74) is 9.70. The Labute approximate surface area is 115 Å². The van der Waals surface area contributed by atoms with Crippen molar-refractivity contribution in [2.24, 2.45) is 0 Å². The average Bonchev–Trinajstić information content (AvgIpc) is 2.34. The molecular weight excluding hydrogens is 292 g/mol. The molecule has 2 rings (SSSR count). The highest BCUT2D eigenvalue weighted by atomic mass is 79.9. The van der Waals surface area contributed by atoms with Gasteiger partial charge in [-0.1, -0.05) is 15.9 Å². The second-order valence-corrected chi connectivity index (χ2v) is 4.95. The van der Waals surface area contributed by atoms with Gasteiger partial charge in [-0.2, -0.15) is 0 Å². The molecule has 0 heterocycles. The van der Waals surface area contributed by atoms with Crippen molar-refractivity contribution in [2.45, 2.75) is 6.92 Å².